The fraction of sp³-hybridized carbons (Fsp3) is 0.700. The van der Waals surface area contributed by atoms with Gasteiger partial charge in [0.2, 0.25) is 0 Å². The molecule has 4 rings (SSSR count). The molecule has 1 aliphatic carbocycles. The Labute approximate surface area is 284 Å². The number of hydrogen-bond donors (Lipinski definition) is 0. The summed E-state index contributed by atoms with van der Waals surface area (Å²) in [5.41, 5.74) is 3.92. The predicted molar refractivity (Wildman–Crippen MR) is 192 cm³/mol. The lowest BCUT2D eigenvalue weighted by Crippen LogP contribution is -2.55. The first-order valence-electron chi connectivity index (χ1n) is 18.6. The molecule has 0 radical (unpaired) electrons. The van der Waals surface area contributed by atoms with Crippen molar-refractivity contribution in [1.29, 1.82) is 0 Å². The van der Waals surface area contributed by atoms with Crippen LogP contribution >= 0.6 is 11.8 Å². The predicted octanol–water partition coefficient (Wildman–Crippen LogP) is 10.1. The summed E-state index contributed by atoms with van der Waals surface area (Å²) in [7, 11) is 0. The smallest absolute Gasteiger partial charge is 0.119 e. The van der Waals surface area contributed by atoms with Crippen molar-refractivity contribution in [2.75, 3.05) is 33.0 Å². The zero-order valence-corrected chi connectivity index (χ0v) is 30.1. The lowest BCUT2D eigenvalue weighted by molar-refractivity contribution is -0.149. The van der Waals surface area contributed by atoms with Crippen molar-refractivity contribution in [2.24, 2.45) is 0 Å². The Balaban J connectivity index is 1.57. The molecule has 2 aliphatic rings. The fourth-order valence-electron chi connectivity index (χ4n) is 6.43. The highest BCUT2D eigenvalue weighted by Crippen LogP contribution is 2.47. The highest BCUT2D eigenvalue weighted by atomic mass is 32.2. The quantitative estimate of drug-likeness (QED) is 0.118. The standard InChI is InChI=1S/C40H62O5S/c1-5-9-24-41-30-36-37(42-25-10-6-2)38(43-26-11-7-3)39(44-27-12-8-4)40(46-36)33-17-15-16-32(29-33)28-31-20-22-35(23-21-31)45-34-18-13-14-19-34/h15-17,20-23,29,34,36-40H,5-14,18-19,24-28,30H2,1-4H3/t36-,37-,38+,39-,40+/m1/s1. The van der Waals surface area contributed by atoms with Gasteiger partial charge in [-0.1, -0.05) is 89.8 Å². The lowest BCUT2D eigenvalue weighted by Gasteiger charge is -2.46. The molecule has 1 saturated carbocycles. The van der Waals surface area contributed by atoms with E-state index in [1.807, 2.05) is 11.8 Å². The average molecular weight is 655 g/mol. The van der Waals surface area contributed by atoms with Crippen LogP contribution in [0.3, 0.4) is 0 Å². The van der Waals surface area contributed by atoms with Crippen molar-refractivity contribution in [1.82, 2.24) is 0 Å². The molecule has 0 spiro atoms. The second kappa shape index (κ2) is 21.4. The van der Waals surface area contributed by atoms with E-state index in [0.717, 1.165) is 90.0 Å². The third kappa shape index (κ3) is 11.8. The number of rotatable bonds is 22. The fourth-order valence-corrected chi connectivity index (χ4v) is 8.06. The summed E-state index contributed by atoms with van der Waals surface area (Å²) in [6, 6.07) is 17.9. The topological polar surface area (TPSA) is 46.2 Å². The molecule has 46 heavy (non-hydrogen) atoms. The first-order chi connectivity index (χ1) is 22.7. The van der Waals surface area contributed by atoms with Gasteiger partial charge in [-0.3, -0.25) is 0 Å². The van der Waals surface area contributed by atoms with Gasteiger partial charge in [0.1, 0.15) is 24.1 Å². The molecule has 1 heterocycles. The third-order valence-corrected chi connectivity index (χ3v) is 10.8. The van der Waals surface area contributed by atoms with Gasteiger partial charge in [0, 0.05) is 26.4 Å². The molecule has 0 N–H and O–H groups in total. The van der Waals surface area contributed by atoms with Crippen molar-refractivity contribution in [3.05, 3.63) is 65.2 Å². The summed E-state index contributed by atoms with van der Waals surface area (Å²) in [6.07, 6.45) is 14.6. The van der Waals surface area contributed by atoms with Crippen LogP contribution in [0.4, 0.5) is 0 Å². The number of hydrogen-bond acceptors (Lipinski definition) is 6. The Hall–Kier alpha value is -1.57. The van der Waals surface area contributed by atoms with E-state index in [1.165, 1.54) is 42.4 Å². The van der Waals surface area contributed by atoms with Crippen molar-refractivity contribution in [3.8, 4) is 5.75 Å². The molecule has 0 aromatic heterocycles. The van der Waals surface area contributed by atoms with Gasteiger partial charge in [-0.15, -0.1) is 11.8 Å². The minimum absolute atomic E-state index is 0.0638. The maximum Gasteiger partial charge on any atom is 0.119 e. The highest BCUT2D eigenvalue weighted by molar-refractivity contribution is 8.00. The van der Waals surface area contributed by atoms with E-state index in [2.05, 4.69) is 76.2 Å². The number of unbranched alkanes of at least 4 members (excludes halogenated alkanes) is 4. The van der Waals surface area contributed by atoms with E-state index in [4.69, 9.17) is 23.7 Å². The molecular formula is C40H62O5S. The molecule has 0 bridgehead atoms. The summed E-state index contributed by atoms with van der Waals surface area (Å²) in [6.45, 7) is 12.5. The maximum absolute atomic E-state index is 6.81. The molecule has 5 atom stereocenters. The van der Waals surface area contributed by atoms with Crippen molar-refractivity contribution < 1.29 is 23.7 Å². The van der Waals surface area contributed by atoms with Gasteiger partial charge in [-0.25, -0.2) is 0 Å². The maximum atomic E-state index is 6.81. The first-order valence-corrected chi connectivity index (χ1v) is 19.5. The number of benzene rings is 2. The summed E-state index contributed by atoms with van der Waals surface area (Å²) in [4.78, 5) is 0. The third-order valence-electron chi connectivity index (χ3n) is 9.20. The highest BCUT2D eigenvalue weighted by Gasteiger charge is 2.48. The Morgan fingerprint density at radius 3 is 1.91 bits per heavy atom. The minimum Gasteiger partial charge on any atom is -0.490 e. The zero-order chi connectivity index (χ0) is 32.4. The van der Waals surface area contributed by atoms with Gasteiger partial charge in [0.15, 0.2) is 0 Å². The Kier molecular flexibility index (Phi) is 17.3. The van der Waals surface area contributed by atoms with E-state index >= 15 is 0 Å². The van der Waals surface area contributed by atoms with E-state index < -0.39 is 0 Å². The Morgan fingerprint density at radius 2 is 1.26 bits per heavy atom. The second-order valence-corrected chi connectivity index (χ2v) is 14.6. The van der Waals surface area contributed by atoms with Gasteiger partial charge in [-0.05, 0) is 86.6 Å². The summed E-state index contributed by atoms with van der Waals surface area (Å²) >= 11 is 1.98. The first kappa shape index (κ1) is 37.3. The Morgan fingerprint density at radius 1 is 0.652 bits per heavy atom. The van der Waals surface area contributed by atoms with Gasteiger partial charge >= 0.3 is 0 Å². The minimum atomic E-state index is -0.137. The average Bonchev–Trinajstić information content (AvgIpc) is 3.59. The van der Waals surface area contributed by atoms with Crippen molar-refractivity contribution in [3.63, 3.8) is 0 Å². The molecule has 2 fully saturated rings. The molecule has 6 heteroatoms. The summed E-state index contributed by atoms with van der Waals surface area (Å²) < 4.78 is 32.8. The van der Waals surface area contributed by atoms with Gasteiger partial charge in [-0.2, -0.15) is 0 Å². The Bertz CT molecular complexity index is 1070. The largest absolute Gasteiger partial charge is 0.490 e. The van der Waals surface area contributed by atoms with Crippen LogP contribution in [0.2, 0.25) is 0 Å². The molecule has 2 aromatic rings. The molecule has 1 saturated heterocycles. The van der Waals surface area contributed by atoms with Gasteiger partial charge in [0.05, 0.1) is 23.2 Å². The molecule has 0 amide bonds. The molecule has 2 aromatic carbocycles. The van der Waals surface area contributed by atoms with E-state index in [9.17, 15) is 0 Å². The summed E-state index contributed by atoms with van der Waals surface area (Å²) in [5, 5.41) is 0.309. The van der Waals surface area contributed by atoms with Crippen LogP contribution in [0.5, 0.6) is 5.75 Å². The lowest BCUT2D eigenvalue weighted by atomic mass is 9.94. The van der Waals surface area contributed by atoms with Crippen LogP contribution < -0.4 is 4.74 Å². The molecule has 1 aliphatic heterocycles. The molecule has 258 valence electrons. The van der Waals surface area contributed by atoms with Crippen LogP contribution in [0, 0.1) is 0 Å². The number of thioether (sulfide) groups is 1. The van der Waals surface area contributed by atoms with E-state index in [0.29, 0.717) is 12.7 Å². The van der Waals surface area contributed by atoms with Gasteiger partial charge < -0.3 is 23.7 Å². The van der Waals surface area contributed by atoms with E-state index in [-0.39, 0.29) is 28.8 Å². The second-order valence-electron chi connectivity index (χ2n) is 13.2. The van der Waals surface area contributed by atoms with E-state index in [1.54, 1.807) is 0 Å². The van der Waals surface area contributed by atoms with Crippen LogP contribution in [0.15, 0.2) is 48.5 Å². The number of ether oxygens (including phenoxy) is 5. The van der Waals surface area contributed by atoms with Gasteiger partial charge in [0.25, 0.3) is 0 Å². The molecule has 5 nitrogen and oxygen atoms in total. The van der Waals surface area contributed by atoms with Crippen molar-refractivity contribution in [2.45, 2.75) is 146 Å². The molecule has 0 unspecified atom stereocenters. The van der Waals surface area contributed by atoms with Crippen LogP contribution in [0.1, 0.15) is 127 Å². The normalized spacial score (nSPS) is 23.6. The van der Waals surface area contributed by atoms with Crippen LogP contribution in [-0.2, 0) is 25.4 Å². The van der Waals surface area contributed by atoms with Crippen LogP contribution in [-0.4, -0.2) is 62.7 Å². The monoisotopic (exact) mass is 654 g/mol. The SMILES string of the molecule is CCCCOC[C@H]1S[C@@H](c2cccc(Cc3ccc(OC4CCCC4)cc3)c2)[C@H](OCCCC)[C@@H](OCCCC)[C@@H]1OCCCC. The summed E-state index contributed by atoms with van der Waals surface area (Å²) in [5.74, 6) is 0.993. The van der Waals surface area contributed by atoms with Crippen LogP contribution in [0.25, 0.3) is 0 Å². The zero-order valence-electron chi connectivity index (χ0n) is 29.3. The molecular weight excluding hydrogens is 593 g/mol. The van der Waals surface area contributed by atoms with Crippen molar-refractivity contribution >= 4 is 11.8 Å².